The normalized spacial score (nSPS) is 36.6. The van der Waals surface area contributed by atoms with Crippen LogP contribution in [-0.4, -0.2) is 42.6 Å². The summed E-state index contributed by atoms with van der Waals surface area (Å²) >= 11 is 0. The number of halogens is 8. The molecule has 2 nitrogen and oxygen atoms in total. The Bertz CT molecular complexity index is 581. The van der Waals surface area contributed by atoms with Gasteiger partial charge in [-0.15, -0.1) is 0 Å². The SMILES string of the molecule is O=S(=O)(C1(CC(F)(F)F)CCCC(F)C1)C1(CC(F)(F)F)CCCC(F)C1. The average Bonchev–Trinajstić information content (AvgIpc) is 2.43. The van der Waals surface area contributed by atoms with Crippen LogP contribution in [0.5, 0.6) is 0 Å². The molecule has 160 valence electrons. The van der Waals surface area contributed by atoms with Crippen LogP contribution in [0.2, 0.25) is 0 Å². The Hall–Kier alpha value is -0.610. The third kappa shape index (κ3) is 4.87. The summed E-state index contributed by atoms with van der Waals surface area (Å²) < 4.78 is 128. The molecule has 0 aromatic rings. The summed E-state index contributed by atoms with van der Waals surface area (Å²) in [7, 11) is -5.16. The summed E-state index contributed by atoms with van der Waals surface area (Å²) in [6, 6.07) is 0. The highest BCUT2D eigenvalue weighted by atomic mass is 32.2. The van der Waals surface area contributed by atoms with Crippen LogP contribution in [0.25, 0.3) is 0 Å². The quantitative estimate of drug-likeness (QED) is 0.544. The van der Waals surface area contributed by atoms with Gasteiger partial charge in [0.15, 0.2) is 9.84 Å². The van der Waals surface area contributed by atoms with Gasteiger partial charge in [0, 0.05) is 0 Å². The second-order valence-corrected chi connectivity index (χ2v) is 10.6. The molecule has 4 unspecified atom stereocenters. The molecular formula is C16H22F8O2S. The molecule has 2 aliphatic carbocycles. The molecule has 27 heavy (non-hydrogen) atoms. The average molecular weight is 430 g/mol. The van der Waals surface area contributed by atoms with Gasteiger partial charge in [0.05, 0.1) is 22.3 Å². The molecule has 0 radical (unpaired) electrons. The maximum atomic E-state index is 14.0. The van der Waals surface area contributed by atoms with Crippen LogP contribution in [0.3, 0.4) is 0 Å². The third-order valence-corrected chi connectivity index (χ3v) is 8.98. The van der Waals surface area contributed by atoms with Gasteiger partial charge in [0.25, 0.3) is 0 Å². The van der Waals surface area contributed by atoms with E-state index in [4.69, 9.17) is 0 Å². The Morgan fingerprint density at radius 2 is 1.07 bits per heavy atom. The summed E-state index contributed by atoms with van der Waals surface area (Å²) in [5.41, 5.74) is 0. The van der Waals surface area contributed by atoms with Gasteiger partial charge >= 0.3 is 12.4 Å². The van der Waals surface area contributed by atoms with Gasteiger partial charge in [0.1, 0.15) is 12.3 Å². The first kappa shape index (κ1) is 22.7. The van der Waals surface area contributed by atoms with Crippen LogP contribution in [0.4, 0.5) is 35.1 Å². The van der Waals surface area contributed by atoms with Gasteiger partial charge in [-0.25, -0.2) is 17.2 Å². The van der Waals surface area contributed by atoms with Crippen LogP contribution in [0.15, 0.2) is 0 Å². The van der Waals surface area contributed by atoms with E-state index in [1.54, 1.807) is 0 Å². The van der Waals surface area contributed by atoms with Gasteiger partial charge in [0.2, 0.25) is 0 Å². The summed E-state index contributed by atoms with van der Waals surface area (Å²) in [5, 5.41) is 0. The molecule has 2 fully saturated rings. The molecule has 0 amide bonds. The molecule has 0 aromatic carbocycles. The topological polar surface area (TPSA) is 34.1 Å². The highest BCUT2D eigenvalue weighted by Crippen LogP contribution is 2.54. The van der Waals surface area contributed by atoms with E-state index >= 15 is 0 Å². The molecule has 0 aromatic heterocycles. The fourth-order valence-electron chi connectivity index (χ4n) is 4.70. The molecule has 4 atom stereocenters. The Morgan fingerprint density at radius 1 is 0.741 bits per heavy atom. The van der Waals surface area contributed by atoms with Crippen LogP contribution in [-0.2, 0) is 9.84 Å². The second kappa shape index (κ2) is 7.33. The number of alkyl halides is 8. The van der Waals surface area contributed by atoms with Crippen LogP contribution < -0.4 is 0 Å². The Morgan fingerprint density at radius 3 is 1.33 bits per heavy atom. The molecule has 0 heterocycles. The highest BCUT2D eigenvalue weighted by Gasteiger charge is 2.63. The fraction of sp³-hybridized carbons (Fsp3) is 1.00. The molecular weight excluding hydrogens is 408 g/mol. The van der Waals surface area contributed by atoms with Gasteiger partial charge in [-0.1, -0.05) is 0 Å². The fourth-order valence-corrected chi connectivity index (χ4v) is 7.95. The third-order valence-electron chi connectivity index (χ3n) is 5.67. The lowest BCUT2D eigenvalue weighted by molar-refractivity contribution is -0.147. The predicted molar refractivity (Wildman–Crippen MR) is 82.5 cm³/mol. The minimum atomic E-state index is -5.16. The zero-order valence-corrected chi connectivity index (χ0v) is 15.3. The Kier molecular flexibility index (Phi) is 6.16. The van der Waals surface area contributed by atoms with E-state index in [0.29, 0.717) is 0 Å². The first-order chi connectivity index (χ1) is 12.1. The maximum absolute atomic E-state index is 14.0. The molecule has 0 spiro atoms. The Balaban J connectivity index is 2.58. The molecule has 11 heteroatoms. The van der Waals surface area contributed by atoms with Crippen molar-refractivity contribution in [2.24, 2.45) is 0 Å². The maximum Gasteiger partial charge on any atom is 0.390 e. The van der Waals surface area contributed by atoms with E-state index < -0.39 is 82.6 Å². The molecule has 2 aliphatic rings. The number of hydrogen-bond acceptors (Lipinski definition) is 2. The molecule has 2 rings (SSSR count). The molecule has 0 aliphatic heterocycles. The molecule has 0 saturated heterocycles. The van der Waals surface area contributed by atoms with Crippen molar-refractivity contribution in [3.63, 3.8) is 0 Å². The summed E-state index contributed by atoms with van der Waals surface area (Å²) in [6.45, 7) is 0. The number of hydrogen-bond donors (Lipinski definition) is 0. The van der Waals surface area contributed by atoms with E-state index in [-0.39, 0.29) is 25.7 Å². The minimum absolute atomic E-state index is 0.146. The van der Waals surface area contributed by atoms with Crippen molar-refractivity contribution in [3.05, 3.63) is 0 Å². The van der Waals surface area contributed by atoms with Crippen LogP contribution >= 0.6 is 0 Å². The van der Waals surface area contributed by atoms with Gasteiger partial charge in [-0.2, -0.15) is 26.3 Å². The zero-order valence-electron chi connectivity index (χ0n) is 14.5. The standard InChI is InChI=1S/C16H22F8O2S/c17-11-3-1-5-13(7-11,9-15(19,20)21)27(25,26)14(10-16(22,23)24)6-2-4-12(18)8-14/h11-12H,1-10H2. The van der Waals surface area contributed by atoms with Gasteiger partial charge in [-0.3, -0.25) is 0 Å². The van der Waals surface area contributed by atoms with E-state index in [0.717, 1.165) is 0 Å². The lowest BCUT2D eigenvalue weighted by atomic mass is 9.83. The summed E-state index contributed by atoms with van der Waals surface area (Å²) in [5.74, 6) is 0. The van der Waals surface area contributed by atoms with E-state index in [1.807, 2.05) is 0 Å². The lowest BCUT2D eigenvalue weighted by Crippen LogP contribution is -2.59. The molecule has 0 bridgehead atoms. The van der Waals surface area contributed by atoms with Crippen molar-refractivity contribution >= 4 is 9.84 Å². The number of rotatable bonds is 4. The van der Waals surface area contributed by atoms with Gasteiger partial charge in [-0.05, 0) is 51.4 Å². The van der Waals surface area contributed by atoms with Gasteiger partial charge < -0.3 is 0 Å². The predicted octanol–water partition coefficient (Wildman–Crippen LogP) is 5.61. The second-order valence-electron chi connectivity index (χ2n) is 7.84. The summed E-state index contributed by atoms with van der Waals surface area (Å²) in [4.78, 5) is 0. The smallest absolute Gasteiger partial charge is 0.247 e. The largest absolute Gasteiger partial charge is 0.390 e. The van der Waals surface area contributed by atoms with Crippen molar-refractivity contribution in [2.45, 2.75) is 98.4 Å². The minimum Gasteiger partial charge on any atom is -0.247 e. The monoisotopic (exact) mass is 430 g/mol. The van der Waals surface area contributed by atoms with E-state index in [9.17, 15) is 43.5 Å². The van der Waals surface area contributed by atoms with Crippen LogP contribution in [0, 0.1) is 0 Å². The first-order valence-electron chi connectivity index (χ1n) is 8.77. The van der Waals surface area contributed by atoms with Crippen molar-refractivity contribution in [2.75, 3.05) is 0 Å². The summed E-state index contributed by atoms with van der Waals surface area (Å²) in [6.07, 6.45) is -21.4. The van der Waals surface area contributed by atoms with E-state index in [1.165, 1.54) is 0 Å². The van der Waals surface area contributed by atoms with Crippen molar-refractivity contribution in [1.82, 2.24) is 0 Å². The lowest BCUT2D eigenvalue weighted by Gasteiger charge is -2.48. The molecule has 0 N–H and O–H groups in total. The first-order valence-corrected chi connectivity index (χ1v) is 10.3. The van der Waals surface area contributed by atoms with Crippen molar-refractivity contribution < 1.29 is 43.5 Å². The molecule has 2 saturated carbocycles. The number of sulfone groups is 1. The van der Waals surface area contributed by atoms with Crippen molar-refractivity contribution in [1.29, 1.82) is 0 Å². The zero-order chi connectivity index (χ0) is 20.7. The van der Waals surface area contributed by atoms with E-state index in [2.05, 4.69) is 0 Å². The van der Waals surface area contributed by atoms with Crippen molar-refractivity contribution in [3.8, 4) is 0 Å². The van der Waals surface area contributed by atoms with Crippen LogP contribution in [0.1, 0.15) is 64.2 Å². The highest BCUT2D eigenvalue weighted by molar-refractivity contribution is 7.94. The Labute approximate surface area is 152 Å².